The Morgan fingerprint density at radius 1 is 1.03 bits per heavy atom. The molecule has 2 N–H and O–H groups in total. The fourth-order valence-corrected chi connectivity index (χ4v) is 5.22. The van der Waals surface area contributed by atoms with Crippen LogP contribution in [0.15, 0.2) is 60.7 Å². The summed E-state index contributed by atoms with van der Waals surface area (Å²) in [7, 11) is 0. The number of carbonyl (C=O) groups is 3. The maximum Gasteiger partial charge on any atom is 0.325 e. The van der Waals surface area contributed by atoms with Gasteiger partial charge in [0.05, 0.1) is 6.04 Å². The predicted octanol–water partition coefficient (Wildman–Crippen LogP) is 4.36. The van der Waals surface area contributed by atoms with Crippen LogP contribution in [0, 0.1) is 0 Å². The van der Waals surface area contributed by atoms with Crippen LogP contribution < -0.4 is 10.6 Å². The zero-order valence-corrected chi connectivity index (χ0v) is 19.6. The maximum absolute atomic E-state index is 13.4. The normalized spacial score (nSPS) is 20.7. The number of fused-ring (bicyclic) bond motifs is 2. The molecule has 1 heterocycles. The lowest BCUT2D eigenvalue weighted by molar-refractivity contribution is -0.135. The van der Waals surface area contributed by atoms with Crippen LogP contribution in [0.3, 0.4) is 0 Å². The van der Waals surface area contributed by atoms with Gasteiger partial charge in [-0.15, -0.1) is 0 Å². The number of amides is 4. The minimum atomic E-state index is -1.23. The number of nitrogens with zero attached hydrogens (tertiary/aromatic N) is 1. The van der Waals surface area contributed by atoms with E-state index in [0.717, 1.165) is 34.1 Å². The highest BCUT2D eigenvalue weighted by Crippen LogP contribution is 2.34. The van der Waals surface area contributed by atoms with Gasteiger partial charge in [0.2, 0.25) is 5.91 Å². The number of imide groups is 1. The molecule has 1 aliphatic carbocycles. The fourth-order valence-electron chi connectivity index (χ4n) is 5.22. The van der Waals surface area contributed by atoms with Gasteiger partial charge >= 0.3 is 6.03 Å². The summed E-state index contributed by atoms with van der Waals surface area (Å²) in [6.45, 7) is 3.30. The first-order valence-electron chi connectivity index (χ1n) is 11.9. The van der Waals surface area contributed by atoms with Gasteiger partial charge in [0.1, 0.15) is 12.1 Å². The van der Waals surface area contributed by atoms with E-state index in [4.69, 9.17) is 0 Å². The summed E-state index contributed by atoms with van der Waals surface area (Å²) in [5.41, 5.74) is 3.26. The topological polar surface area (TPSA) is 78.5 Å². The molecule has 34 heavy (non-hydrogen) atoms. The van der Waals surface area contributed by atoms with Crippen LogP contribution in [0.2, 0.25) is 0 Å². The minimum Gasteiger partial charge on any atom is -0.348 e. The molecule has 3 aromatic carbocycles. The molecule has 0 unspecified atom stereocenters. The zero-order chi connectivity index (χ0) is 23.9. The van der Waals surface area contributed by atoms with Crippen LogP contribution in [0.25, 0.3) is 10.8 Å². The van der Waals surface area contributed by atoms with E-state index in [1.807, 2.05) is 49.4 Å². The van der Waals surface area contributed by atoms with Gasteiger partial charge < -0.3 is 10.6 Å². The highest BCUT2D eigenvalue weighted by atomic mass is 16.2. The Kier molecular flexibility index (Phi) is 5.60. The average Bonchev–Trinajstić information content (AvgIpc) is 3.06. The molecule has 1 saturated heterocycles. The number of nitrogens with one attached hydrogen (secondary N) is 2. The third-order valence-corrected chi connectivity index (χ3v) is 7.16. The van der Waals surface area contributed by atoms with Crippen molar-refractivity contribution >= 4 is 28.6 Å². The average molecular weight is 456 g/mol. The van der Waals surface area contributed by atoms with Gasteiger partial charge in [0.15, 0.2) is 0 Å². The van der Waals surface area contributed by atoms with Gasteiger partial charge in [-0.2, -0.15) is 0 Å². The first-order valence-corrected chi connectivity index (χ1v) is 11.9. The highest BCUT2D eigenvalue weighted by Gasteiger charge is 2.50. The molecule has 2 atom stereocenters. The monoisotopic (exact) mass is 455 g/mol. The summed E-state index contributed by atoms with van der Waals surface area (Å²) in [5.74, 6) is -0.790. The van der Waals surface area contributed by atoms with Gasteiger partial charge in [0, 0.05) is 0 Å². The third-order valence-electron chi connectivity index (χ3n) is 7.16. The molecule has 3 aromatic rings. The predicted molar refractivity (Wildman–Crippen MR) is 131 cm³/mol. The Balaban J connectivity index is 1.31. The molecule has 0 saturated carbocycles. The molecular weight excluding hydrogens is 426 g/mol. The van der Waals surface area contributed by atoms with Crippen LogP contribution >= 0.6 is 0 Å². The highest BCUT2D eigenvalue weighted by molar-refractivity contribution is 6.10. The van der Waals surface area contributed by atoms with E-state index in [1.165, 1.54) is 24.0 Å². The molecule has 1 fully saturated rings. The molecule has 174 valence electrons. The Hall–Kier alpha value is -3.67. The molecule has 0 bridgehead atoms. The van der Waals surface area contributed by atoms with Crippen molar-refractivity contribution in [2.75, 3.05) is 6.54 Å². The second-order valence-corrected chi connectivity index (χ2v) is 9.50. The Bertz CT molecular complexity index is 1300. The van der Waals surface area contributed by atoms with Crippen molar-refractivity contribution in [3.63, 3.8) is 0 Å². The summed E-state index contributed by atoms with van der Waals surface area (Å²) in [6.07, 6.45) is 4.60. The smallest absolute Gasteiger partial charge is 0.325 e. The van der Waals surface area contributed by atoms with Crippen LogP contribution in [0.1, 0.15) is 55.0 Å². The van der Waals surface area contributed by atoms with Crippen molar-refractivity contribution in [3.8, 4) is 0 Å². The van der Waals surface area contributed by atoms with E-state index in [2.05, 4.69) is 28.8 Å². The number of urea groups is 1. The number of benzene rings is 3. The van der Waals surface area contributed by atoms with Gasteiger partial charge in [-0.05, 0) is 72.6 Å². The molecule has 6 nitrogen and oxygen atoms in total. The largest absolute Gasteiger partial charge is 0.348 e. The Morgan fingerprint density at radius 3 is 2.59 bits per heavy atom. The maximum atomic E-state index is 13.4. The van der Waals surface area contributed by atoms with Crippen molar-refractivity contribution in [2.24, 2.45) is 0 Å². The summed E-state index contributed by atoms with van der Waals surface area (Å²) >= 11 is 0. The lowest BCUT2D eigenvalue weighted by atomic mass is 9.88. The molecular formula is C28H29N3O3. The first-order chi connectivity index (χ1) is 16.4. The molecule has 0 radical (unpaired) electrons. The standard InChI is InChI=1S/C28H29N3O3/c1-18(21-15-14-19-8-3-4-10-22(19)16-21)29-25(32)17-31-26(33)28(2,30-27(31)34)24-13-7-11-20-9-5-6-12-23(20)24/h5-7,9,11-16,18H,3-4,8,10,17H2,1-2H3,(H,29,32)(H,30,34)/t18-,28-/m0/s1. The quantitative estimate of drug-likeness (QED) is 0.561. The lowest BCUT2D eigenvalue weighted by Gasteiger charge is -2.24. The molecule has 0 spiro atoms. The second-order valence-electron chi connectivity index (χ2n) is 9.50. The van der Waals surface area contributed by atoms with E-state index < -0.39 is 17.5 Å². The van der Waals surface area contributed by atoms with E-state index in [-0.39, 0.29) is 18.5 Å². The number of hydrogen-bond donors (Lipinski definition) is 2. The van der Waals surface area contributed by atoms with Crippen LogP contribution in [0.5, 0.6) is 0 Å². The summed E-state index contributed by atoms with van der Waals surface area (Å²) in [5, 5.41) is 7.66. The summed E-state index contributed by atoms with van der Waals surface area (Å²) < 4.78 is 0. The van der Waals surface area contributed by atoms with E-state index in [9.17, 15) is 14.4 Å². The van der Waals surface area contributed by atoms with Crippen molar-refractivity contribution in [3.05, 3.63) is 82.9 Å². The van der Waals surface area contributed by atoms with Crippen molar-refractivity contribution in [2.45, 2.75) is 51.1 Å². The van der Waals surface area contributed by atoms with Crippen LogP contribution in [-0.2, 0) is 28.0 Å². The van der Waals surface area contributed by atoms with Crippen molar-refractivity contribution < 1.29 is 14.4 Å². The van der Waals surface area contributed by atoms with Gasteiger partial charge in [-0.1, -0.05) is 60.7 Å². The molecule has 1 aliphatic heterocycles. The molecule has 4 amide bonds. The number of carbonyl (C=O) groups excluding carboxylic acids is 3. The number of rotatable bonds is 5. The van der Waals surface area contributed by atoms with Crippen LogP contribution in [-0.4, -0.2) is 29.3 Å². The third kappa shape index (κ3) is 3.83. The number of aryl methyl sites for hydroxylation is 2. The molecule has 0 aromatic heterocycles. The zero-order valence-electron chi connectivity index (χ0n) is 19.6. The SMILES string of the molecule is C[C@H](NC(=O)CN1C(=O)N[C@@](C)(c2cccc3ccccc23)C1=O)c1ccc2c(c1)CCCC2. The van der Waals surface area contributed by atoms with Crippen LogP contribution in [0.4, 0.5) is 4.79 Å². The van der Waals surface area contributed by atoms with E-state index in [0.29, 0.717) is 5.56 Å². The Morgan fingerprint density at radius 2 is 1.76 bits per heavy atom. The molecule has 2 aliphatic rings. The van der Waals surface area contributed by atoms with Gasteiger partial charge in [-0.3, -0.25) is 14.5 Å². The first kappa shape index (κ1) is 22.1. The van der Waals surface area contributed by atoms with E-state index in [1.54, 1.807) is 6.92 Å². The molecule has 6 heteroatoms. The number of hydrogen-bond acceptors (Lipinski definition) is 3. The van der Waals surface area contributed by atoms with Crippen molar-refractivity contribution in [1.29, 1.82) is 0 Å². The van der Waals surface area contributed by atoms with Gasteiger partial charge in [-0.25, -0.2) is 4.79 Å². The second kappa shape index (κ2) is 8.60. The Labute approximate surface area is 199 Å². The lowest BCUT2D eigenvalue weighted by Crippen LogP contribution is -2.43. The van der Waals surface area contributed by atoms with Crippen molar-refractivity contribution in [1.82, 2.24) is 15.5 Å². The van der Waals surface area contributed by atoms with E-state index >= 15 is 0 Å². The molecule has 5 rings (SSSR count). The summed E-state index contributed by atoms with van der Waals surface area (Å²) in [4.78, 5) is 40.0. The fraction of sp³-hybridized carbons (Fsp3) is 0.321. The minimum absolute atomic E-state index is 0.218. The summed E-state index contributed by atoms with van der Waals surface area (Å²) in [6, 6.07) is 19.0. The van der Waals surface area contributed by atoms with Gasteiger partial charge in [0.25, 0.3) is 5.91 Å².